The summed E-state index contributed by atoms with van der Waals surface area (Å²) in [6.07, 6.45) is 4.69. The van der Waals surface area contributed by atoms with E-state index < -0.39 is 0 Å². The van der Waals surface area contributed by atoms with Crippen molar-refractivity contribution in [2.45, 2.75) is 38.1 Å². The third kappa shape index (κ3) is 3.23. The van der Waals surface area contributed by atoms with E-state index in [2.05, 4.69) is 34.5 Å². The first-order valence-electron chi connectivity index (χ1n) is 8.48. The van der Waals surface area contributed by atoms with Gasteiger partial charge in [0.2, 0.25) is 5.91 Å². The molecule has 1 aliphatic heterocycles. The van der Waals surface area contributed by atoms with Crippen molar-refractivity contribution >= 4 is 38.8 Å². The van der Waals surface area contributed by atoms with E-state index in [0.29, 0.717) is 6.42 Å². The number of para-hydroxylation sites is 1. The number of carbonyl (C=O) groups is 1. The predicted molar refractivity (Wildman–Crippen MR) is 101 cm³/mol. The number of fused-ring (bicyclic) bond motifs is 1. The first-order chi connectivity index (χ1) is 11.8. The van der Waals surface area contributed by atoms with Gasteiger partial charge in [-0.25, -0.2) is 4.98 Å². The summed E-state index contributed by atoms with van der Waals surface area (Å²) in [5.74, 6) is 0.285. The molecule has 0 N–H and O–H groups in total. The van der Waals surface area contributed by atoms with Crippen LogP contribution in [-0.4, -0.2) is 22.3 Å². The normalized spacial score (nSPS) is 17.7. The van der Waals surface area contributed by atoms with Gasteiger partial charge in [0.25, 0.3) is 0 Å². The summed E-state index contributed by atoms with van der Waals surface area (Å²) < 4.78 is 1.21. The Kier molecular flexibility index (Phi) is 4.63. The largest absolute Gasteiger partial charge is 0.333 e. The van der Waals surface area contributed by atoms with Crippen LogP contribution in [0.5, 0.6) is 0 Å². The number of rotatable bonds is 5. The molecule has 3 nitrogen and oxygen atoms in total. The highest BCUT2D eigenvalue weighted by Gasteiger charge is 2.31. The van der Waals surface area contributed by atoms with E-state index in [4.69, 9.17) is 4.98 Å². The minimum Gasteiger partial charge on any atom is -0.333 e. The van der Waals surface area contributed by atoms with Crippen molar-refractivity contribution in [3.05, 3.63) is 51.7 Å². The second kappa shape index (κ2) is 7.03. The van der Waals surface area contributed by atoms with Crippen molar-refractivity contribution in [3.8, 4) is 0 Å². The zero-order valence-electron chi connectivity index (χ0n) is 13.5. The molecule has 1 amide bonds. The van der Waals surface area contributed by atoms with Gasteiger partial charge in [0.05, 0.1) is 16.3 Å². The Morgan fingerprint density at radius 2 is 2.17 bits per heavy atom. The van der Waals surface area contributed by atoms with Gasteiger partial charge in [0.1, 0.15) is 5.01 Å². The van der Waals surface area contributed by atoms with E-state index in [1.807, 2.05) is 12.1 Å². The maximum absolute atomic E-state index is 12.7. The molecule has 0 saturated carbocycles. The molecule has 4 rings (SSSR count). The molecule has 0 unspecified atom stereocenters. The molecule has 2 aromatic heterocycles. The van der Waals surface area contributed by atoms with Crippen LogP contribution in [0.3, 0.4) is 0 Å². The molecule has 0 aliphatic carbocycles. The Bertz CT molecular complexity index is 792. The molecule has 3 heterocycles. The van der Waals surface area contributed by atoms with E-state index >= 15 is 0 Å². The van der Waals surface area contributed by atoms with Crippen LogP contribution in [0.2, 0.25) is 0 Å². The summed E-state index contributed by atoms with van der Waals surface area (Å²) in [6.45, 7) is 0.873. The number of benzene rings is 1. The number of aryl methyl sites for hydroxylation is 1. The average molecular weight is 357 g/mol. The summed E-state index contributed by atoms with van der Waals surface area (Å²) in [5, 5.41) is 3.20. The van der Waals surface area contributed by atoms with Crippen molar-refractivity contribution in [1.29, 1.82) is 0 Å². The van der Waals surface area contributed by atoms with Gasteiger partial charge < -0.3 is 4.90 Å². The Labute approximate surface area is 150 Å². The summed E-state index contributed by atoms with van der Waals surface area (Å²) >= 11 is 3.51. The zero-order valence-corrected chi connectivity index (χ0v) is 15.1. The van der Waals surface area contributed by atoms with Crippen LogP contribution in [-0.2, 0) is 11.2 Å². The Hall–Kier alpha value is -1.72. The molecule has 1 aliphatic rings. The molecule has 1 atom stereocenters. The number of amides is 1. The van der Waals surface area contributed by atoms with Crippen LogP contribution >= 0.6 is 22.7 Å². The van der Waals surface area contributed by atoms with Gasteiger partial charge >= 0.3 is 0 Å². The molecule has 0 spiro atoms. The Morgan fingerprint density at radius 1 is 1.25 bits per heavy atom. The van der Waals surface area contributed by atoms with Crippen molar-refractivity contribution in [3.63, 3.8) is 0 Å². The van der Waals surface area contributed by atoms with Gasteiger partial charge in [-0.05, 0) is 49.3 Å². The van der Waals surface area contributed by atoms with Crippen molar-refractivity contribution in [1.82, 2.24) is 9.88 Å². The maximum Gasteiger partial charge on any atom is 0.223 e. The number of thiophene rings is 1. The highest BCUT2D eigenvalue weighted by Crippen LogP contribution is 2.36. The maximum atomic E-state index is 12.7. The lowest BCUT2D eigenvalue weighted by Crippen LogP contribution is -2.30. The predicted octanol–water partition coefficient (Wildman–Crippen LogP) is 5.04. The van der Waals surface area contributed by atoms with Crippen LogP contribution < -0.4 is 0 Å². The number of likely N-dealkylation sites (tertiary alicyclic amines) is 1. The SMILES string of the molecule is O=C(CCCc1cccs1)N1CCC[C@@H]1c1nc2ccccc2s1. The zero-order chi connectivity index (χ0) is 16.4. The van der Waals surface area contributed by atoms with Crippen LogP contribution in [0.25, 0.3) is 10.2 Å². The molecule has 1 aromatic carbocycles. The molecule has 24 heavy (non-hydrogen) atoms. The van der Waals surface area contributed by atoms with Crippen LogP contribution in [0.15, 0.2) is 41.8 Å². The lowest BCUT2D eigenvalue weighted by Gasteiger charge is -2.23. The number of aromatic nitrogens is 1. The number of hydrogen-bond donors (Lipinski definition) is 0. The van der Waals surface area contributed by atoms with Gasteiger partial charge in [-0.15, -0.1) is 22.7 Å². The lowest BCUT2D eigenvalue weighted by atomic mass is 10.2. The summed E-state index contributed by atoms with van der Waals surface area (Å²) in [4.78, 5) is 20.9. The number of carbonyl (C=O) groups excluding carboxylic acids is 1. The first kappa shape index (κ1) is 15.8. The highest BCUT2D eigenvalue weighted by molar-refractivity contribution is 7.18. The monoisotopic (exact) mass is 356 g/mol. The first-order valence-corrected chi connectivity index (χ1v) is 10.2. The van der Waals surface area contributed by atoms with Crippen molar-refractivity contribution in [2.75, 3.05) is 6.54 Å². The topological polar surface area (TPSA) is 33.2 Å². The molecular weight excluding hydrogens is 336 g/mol. The van der Waals surface area contributed by atoms with Crippen LogP contribution in [0, 0.1) is 0 Å². The summed E-state index contributed by atoms with van der Waals surface area (Å²) in [7, 11) is 0. The minimum absolute atomic E-state index is 0.177. The number of thiazole rings is 1. The third-order valence-electron chi connectivity index (χ3n) is 4.56. The number of nitrogens with zero attached hydrogens (tertiary/aromatic N) is 2. The second-order valence-electron chi connectivity index (χ2n) is 6.20. The highest BCUT2D eigenvalue weighted by atomic mass is 32.1. The average Bonchev–Trinajstić information content (AvgIpc) is 3.33. The van der Waals surface area contributed by atoms with Gasteiger partial charge in [0.15, 0.2) is 0 Å². The van der Waals surface area contributed by atoms with E-state index in [-0.39, 0.29) is 11.9 Å². The third-order valence-corrected chi connectivity index (χ3v) is 6.64. The van der Waals surface area contributed by atoms with E-state index in [9.17, 15) is 4.79 Å². The molecule has 0 radical (unpaired) electrons. The molecule has 3 aromatic rings. The second-order valence-corrected chi connectivity index (χ2v) is 8.29. The summed E-state index contributed by atoms with van der Waals surface area (Å²) in [6, 6.07) is 12.6. The lowest BCUT2D eigenvalue weighted by molar-refractivity contribution is -0.132. The van der Waals surface area contributed by atoms with Gasteiger partial charge in [-0.1, -0.05) is 18.2 Å². The fraction of sp³-hybridized carbons (Fsp3) is 0.368. The molecule has 5 heteroatoms. The molecule has 124 valence electrons. The Morgan fingerprint density at radius 3 is 3.00 bits per heavy atom. The number of hydrogen-bond acceptors (Lipinski definition) is 4. The van der Waals surface area contributed by atoms with E-state index in [1.165, 1.54) is 9.58 Å². The van der Waals surface area contributed by atoms with Crippen molar-refractivity contribution in [2.24, 2.45) is 0 Å². The Balaban J connectivity index is 1.42. The van der Waals surface area contributed by atoms with Crippen LogP contribution in [0.1, 0.15) is 41.6 Å². The van der Waals surface area contributed by atoms with E-state index in [0.717, 1.165) is 42.8 Å². The molecule has 1 saturated heterocycles. The fourth-order valence-corrected chi connectivity index (χ4v) is 5.23. The van der Waals surface area contributed by atoms with Gasteiger partial charge in [-0.3, -0.25) is 4.79 Å². The van der Waals surface area contributed by atoms with Gasteiger partial charge in [0, 0.05) is 17.8 Å². The quantitative estimate of drug-likeness (QED) is 0.641. The van der Waals surface area contributed by atoms with E-state index in [1.54, 1.807) is 22.7 Å². The molecule has 0 bridgehead atoms. The molecule has 1 fully saturated rings. The smallest absolute Gasteiger partial charge is 0.223 e. The van der Waals surface area contributed by atoms with Crippen molar-refractivity contribution < 1.29 is 4.79 Å². The fourth-order valence-electron chi connectivity index (χ4n) is 3.37. The van der Waals surface area contributed by atoms with Crippen LogP contribution in [0.4, 0.5) is 0 Å². The van der Waals surface area contributed by atoms with Gasteiger partial charge in [-0.2, -0.15) is 0 Å². The minimum atomic E-state index is 0.177. The summed E-state index contributed by atoms with van der Waals surface area (Å²) in [5.41, 5.74) is 1.05. The molecular formula is C19H20N2OS2. The standard InChI is InChI=1S/C19H20N2OS2/c22-18(11-3-6-14-7-5-13-23-14)21-12-4-9-16(21)19-20-15-8-1-2-10-17(15)24-19/h1-2,5,7-8,10,13,16H,3-4,6,9,11-12H2/t16-/m1/s1.